The molecule has 0 spiro atoms. The van der Waals surface area contributed by atoms with E-state index in [1.807, 2.05) is 12.1 Å². The molecule has 4 heterocycles. The standard InChI is InChI=1S/C23H24N4O3S/c1-15-12-17(7-10-24-15)21-14-27(23-20(21)4-3-9-25-23)31(29,30)19-5-6-22-18(13-19)8-11-26(22)16(2)28/h3-7,9,13-15,24H,8,10-12H2,1-2H3. The van der Waals surface area contributed by atoms with Gasteiger partial charge in [0.1, 0.15) is 0 Å². The molecular weight excluding hydrogens is 412 g/mol. The van der Waals surface area contributed by atoms with E-state index in [-0.39, 0.29) is 10.8 Å². The van der Waals surface area contributed by atoms with Crippen molar-refractivity contribution in [2.24, 2.45) is 0 Å². The molecule has 3 aromatic rings. The van der Waals surface area contributed by atoms with Crippen LogP contribution < -0.4 is 10.2 Å². The number of benzene rings is 1. The van der Waals surface area contributed by atoms with Crippen molar-refractivity contribution in [3.8, 4) is 0 Å². The van der Waals surface area contributed by atoms with Crippen LogP contribution in [0.2, 0.25) is 0 Å². The van der Waals surface area contributed by atoms with Gasteiger partial charge in [0.25, 0.3) is 10.0 Å². The minimum Gasteiger partial charge on any atom is -0.312 e. The Bertz CT molecular complexity index is 1340. The highest BCUT2D eigenvalue weighted by Crippen LogP contribution is 2.34. The second-order valence-electron chi connectivity index (χ2n) is 8.17. The van der Waals surface area contributed by atoms with E-state index in [1.165, 1.54) is 10.9 Å². The van der Waals surface area contributed by atoms with Crippen molar-refractivity contribution >= 4 is 38.2 Å². The first-order chi connectivity index (χ1) is 14.9. The highest BCUT2D eigenvalue weighted by molar-refractivity contribution is 7.90. The van der Waals surface area contributed by atoms with Crippen LogP contribution in [0.15, 0.2) is 53.7 Å². The second-order valence-corrected chi connectivity index (χ2v) is 9.99. The number of carbonyl (C=O) groups is 1. The van der Waals surface area contributed by atoms with E-state index in [1.54, 1.807) is 35.5 Å². The summed E-state index contributed by atoms with van der Waals surface area (Å²) >= 11 is 0. The van der Waals surface area contributed by atoms with E-state index in [9.17, 15) is 13.2 Å². The summed E-state index contributed by atoms with van der Waals surface area (Å²) in [5, 5.41) is 4.21. The van der Waals surface area contributed by atoms with Crippen LogP contribution in [-0.2, 0) is 21.2 Å². The molecule has 8 heteroatoms. The normalized spacial score (nSPS) is 18.8. The van der Waals surface area contributed by atoms with Gasteiger partial charge in [-0.2, -0.15) is 0 Å². The number of nitrogens with one attached hydrogen (secondary N) is 1. The van der Waals surface area contributed by atoms with Gasteiger partial charge in [-0.25, -0.2) is 17.4 Å². The molecule has 0 radical (unpaired) electrons. The van der Waals surface area contributed by atoms with Crippen molar-refractivity contribution in [3.63, 3.8) is 0 Å². The summed E-state index contributed by atoms with van der Waals surface area (Å²) < 4.78 is 28.6. The summed E-state index contributed by atoms with van der Waals surface area (Å²) in [7, 11) is -3.85. The number of hydrogen-bond acceptors (Lipinski definition) is 5. The molecule has 0 aliphatic carbocycles. The van der Waals surface area contributed by atoms with Crippen LogP contribution >= 0.6 is 0 Å². The number of carbonyl (C=O) groups excluding carboxylic acids is 1. The molecule has 160 valence electrons. The highest BCUT2D eigenvalue weighted by atomic mass is 32.2. The van der Waals surface area contributed by atoms with E-state index >= 15 is 0 Å². The van der Waals surface area contributed by atoms with Gasteiger partial charge in [0.05, 0.1) is 4.90 Å². The molecule has 1 aromatic carbocycles. The fourth-order valence-corrected chi connectivity index (χ4v) is 5.91. The number of rotatable bonds is 3. The van der Waals surface area contributed by atoms with Crippen LogP contribution in [0, 0.1) is 0 Å². The molecule has 1 unspecified atom stereocenters. The Morgan fingerprint density at radius 1 is 1.26 bits per heavy atom. The lowest BCUT2D eigenvalue weighted by Crippen LogP contribution is -2.29. The number of anilines is 1. The maximum absolute atomic E-state index is 13.6. The van der Waals surface area contributed by atoms with Crippen molar-refractivity contribution in [2.45, 2.75) is 37.6 Å². The molecule has 2 aromatic heterocycles. The maximum atomic E-state index is 13.6. The van der Waals surface area contributed by atoms with Gasteiger partial charge in [0.2, 0.25) is 5.91 Å². The number of amides is 1. The van der Waals surface area contributed by atoms with E-state index in [4.69, 9.17) is 0 Å². The smallest absolute Gasteiger partial charge is 0.269 e. The predicted octanol–water partition coefficient (Wildman–Crippen LogP) is 2.95. The molecule has 1 N–H and O–H groups in total. The van der Waals surface area contributed by atoms with E-state index in [0.717, 1.165) is 40.7 Å². The third-order valence-electron chi connectivity index (χ3n) is 6.10. The Labute approximate surface area is 181 Å². The molecule has 0 saturated heterocycles. The lowest BCUT2D eigenvalue weighted by atomic mass is 9.96. The average molecular weight is 437 g/mol. The molecule has 7 nitrogen and oxygen atoms in total. The molecule has 31 heavy (non-hydrogen) atoms. The van der Waals surface area contributed by atoms with E-state index < -0.39 is 10.0 Å². The lowest BCUT2D eigenvalue weighted by Gasteiger charge is -2.20. The quantitative estimate of drug-likeness (QED) is 0.682. The summed E-state index contributed by atoms with van der Waals surface area (Å²) in [6.45, 7) is 4.98. The first-order valence-electron chi connectivity index (χ1n) is 10.4. The molecule has 5 rings (SSSR count). The minimum atomic E-state index is -3.85. The van der Waals surface area contributed by atoms with Gasteiger partial charge in [-0.3, -0.25) is 4.79 Å². The van der Waals surface area contributed by atoms with Gasteiger partial charge in [-0.05, 0) is 61.2 Å². The third-order valence-corrected chi connectivity index (χ3v) is 7.75. The van der Waals surface area contributed by atoms with Gasteiger partial charge in [-0.15, -0.1) is 0 Å². The molecule has 1 atom stereocenters. The topological polar surface area (TPSA) is 84.3 Å². The molecule has 2 aliphatic heterocycles. The van der Waals surface area contributed by atoms with Gasteiger partial charge >= 0.3 is 0 Å². The number of pyridine rings is 1. The van der Waals surface area contributed by atoms with Crippen molar-refractivity contribution < 1.29 is 13.2 Å². The number of nitrogens with zero attached hydrogens (tertiary/aromatic N) is 3. The van der Waals surface area contributed by atoms with Crippen LogP contribution in [0.25, 0.3) is 16.6 Å². The summed E-state index contributed by atoms with van der Waals surface area (Å²) in [5.74, 6) is -0.0379. The van der Waals surface area contributed by atoms with Crippen LogP contribution in [0.3, 0.4) is 0 Å². The summed E-state index contributed by atoms with van der Waals surface area (Å²) in [5.41, 5.74) is 4.12. The second kappa shape index (κ2) is 7.32. The zero-order valence-corrected chi connectivity index (χ0v) is 18.3. The Morgan fingerprint density at radius 3 is 2.87 bits per heavy atom. The number of aromatic nitrogens is 2. The maximum Gasteiger partial charge on any atom is 0.269 e. The Hall–Kier alpha value is -2.97. The Kier molecular flexibility index (Phi) is 4.71. The lowest BCUT2D eigenvalue weighted by molar-refractivity contribution is -0.116. The van der Waals surface area contributed by atoms with Crippen molar-refractivity contribution in [1.82, 2.24) is 14.3 Å². The van der Waals surface area contributed by atoms with E-state index in [2.05, 4.69) is 23.3 Å². The summed E-state index contributed by atoms with van der Waals surface area (Å²) in [4.78, 5) is 18.1. The van der Waals surface area contributed by atoms with Gasteiger partial charge in [0.15, 0.2) is 5.65 Å². The van der Waals surface area contributed by atoms with Crippen LogP contribution in [0.1, 0.15) is 31.4 Å². The molecule has 0 saturated carbocycles. The van der Waals surface area contributed by atoms with Gasteiger partial charge in [-0.1, -0.05) is 6.08 Å². The number of fused-ring (bicyclic) bond motifs is 2. The first-order valence-corrected chi connectivity index (χ1v) is 11.9. The zero-order valence-electron chi connectivity index (χ0n) is 17.5. The molecule has 0 fully saturated rings. The van der Waals surface area contributed by atoms with E-state index in [0.29, 0.717) is 24.7 Å². The van der Waals surface area contributed by atoms with Crippen LogP contribution in [0.5, 0.6) is 0 Å². The predicted molar refractivity (Wildman–Crippen MR) is 121 cm³/mol. The van der Waals surface area contributed by atoms with Gasteiger partial charge in [0, 0.05) is 55.1 Å². The van der Waals surface area contributed by atoms with Crippen molar-refractivity contribution in [2.75, 3.05) is 18.0 Å². The van der Waals surface area contributed by atoms with Gasteiger partial charge < -0.3 is 10.2 Å². The summed E-state index contributed by atoms with van der Waals surface area (Å²) in [6, 6.07) is 9.08. The third kappa shape index (κ3) is 3.26. The fourth-order valence-electron chi connectivity index (χ4n) is 4.54. The SMILES string of the molecule is CC(=O)N1CCc2cc(S(=O)(=O)n3cc(C4=CCNC(C)C4)c4cccnc43)ccc21. The molecule has 2 aliphatic rings. The monoisotopic (exact) mass is 436 g/mol. The zero-order chi connectivity index (χ0) is 21.8. The van der Waals surface area contributed by atoms with Crippen LogP contribution in [-0.4, -0.2) is 42.4 Å². The highest BCUT2D eigenvalue weighted by Gasteiger charge is 2.28. The largest absolute Gasteiger partial charge is 0.312 e. The number of hydrogen-bond donors (Lipinski definition) is 1. The van der Waals surface area contributed by atoms with Crippen LogP contribution in [0.4, 0.5) is 5.69 Å². The fraction of sp³-hybridized carbons (Fsp3) is 0.304. The Balaban J connectivity index is 1.63. The molecular formula is C23H24N4O3S. The first kappa shape index (κ1) is 20.0. The van der Waals surface area contributed by atoms with Crippen molar-refractivity contribution in [3.05, 3.63) is 59.9 Å². The molecule has 0 bridgehead atoms. The van der Waals surface area contributed by atoms with Crippen molar-refractivity contribution in [1.29, 1.82) is 0 Å². The molecule has 1 amide bonds. The summed E-state index contributed by atoms with van der Waals surface area (Å²) in [6.07, 6.45) is 6.90. The average Bonchev–Trinajstić information content (AvgIpc) is 3.35. The Morgan fingerprint density at radius 2 is 2.10 bits per heavy atom. The minimum absolute atomic E-state index is 0.0379.